The van der Waals surface area contributed by atoms with Crippen molar-refractivity contribution in [3.63, 3.8) is 0 Å². The first-order valence-corrected chi connectivity index (χ1v) is 12.8. The Morgan fingerprint density at radius 3 is 1.76 bits per heavy atom. The van der Waals surface area contributed by atoms with Gasteiger partial charge in [0.1, 0.15) is 12.7 Å². The van der Waals surface area contributed by atoms with Crippen molar-refractivity contribution in [1.29, 1.82) is 0 Å². The van der Waals surface area contributed by atoms with Gasteiger partial charge in [-0.2, -0.15) is 14.8 Å². The fraction of sp³-hybridized carbons (Fsp3) is 0.172. The summed E-state index contributed by atoms with van der Waals surface area (Å²) in [5, 5.41) is 3.82. The molecule has 0 aliphatic carbocycles. The van der Waals surface area contributed by atoms with Crippen LogP contribution in [0.1, 0.15) is 37.3 Å². The summed E-state index contributed by atoms with van der Waals surface area (Å²) in [5.41, 5.74) is -0.203. The van der Waals surface area contributed by atoms with Crippen LogP contribution in [0.15, 0.2) is 102 Å². The van der Waals surface area contributed by atoms with Crippen LogP contribution in [0.3, 0.4) is 0 Å². The average Bonchev–Trinajstić information content (AvgIpc) is 3.33. The average molecular weight is 576 g/mol. The summed E-state index contributed by atoms with van der Waals surface area (Å²) in [7, 11) is 0. The number of hydrogen-bond donors (Lipinski definition) is 0. The van der Waals surface area contributed by atoms with E-state index in [-0.39, 0.29) is 21.8 Å². The van der Waals surface area contributed by atoms with E-state index in [4.69, 9.17) is 30.5 Å². The molecule has 0 radical (unpaired) electrons. The topological polar surface area (TPSA) is 136 Å². The van der Waals surface area contributed by atoms with Crippen LogP contribution in [-0.4, -0.2) is 57.6 Å². The number of aromatic nitrogens is 3. The number of rotatable bonds is 8. The highest BCUT2D eigenvalue weighted by molar-refractivity contribution is 6.29. The van der Waals surface area contributed by atoms with Crippen molar-refractivity contribution >= 4 is 29.5 Å². The Bertz CT molecular complexity index is 1580. The maximum Gasteiger partial charge on any atom is 0.367 e. The van der Waals surface area contributed by atoms with Gasteiger partial charge in [-0.05, 0) is 36.4 Å². The van der Waals surface area contributed by atoms with Crippen molar-refractivity contribution in [3.05, 3.63) is 130 Å². The minimum atomic E-state index is -1.41. The van der Waals surface area contributed by atoms with Crippen LogP contribution in [0, 0.1) is 0 Å². The predicted molar refractivity (Wildman–Crippen MR) is 143 cm³/mol. The molecule has 0 amide bonds. The molecule has 4 aromatic rings. The molecule has 0 spiro atoms. The number of carbonyl (C=O) groups excluding carboxylic acids is 3. The number of carbonyl (C=O) groups is 3. The number of benzene rings is 3. The second-order valence-electron chi connectivity index (χ2n) is 8.81. The van der Waals surface area contributed by atoms with Crippen molar-refractivity contribution in [2.45, 2.75) is 24.5 Å². The summed E-state index contributed by atoms with van der Waals surface area (Å²) in [6.07, 6.45) is -4.19. The first-order valence-electron chi connectivity index (χ1n) is 12.4. The molecule has 208 valence electrons. The van der Waals surface area contributed by atoms with Gasteiger partial charge in [-0.1, -0.05) is 66.2 Å². The third-order valence-electron chi connectivity index (χ3n) is 6.11. The van der Waals surface area contributed by atoms with E-state index in [0.717, 1.165) is 10.9 Å². The second kappa shape index (κ2) is 12.5. The molecule has 2 heterocycles. The molecule has 5 rings (SSSR count). The minimum absolute atomic E-state index is 0.164. The zero-order chi connectivity index (χ0) is 28.8. The maximum absolute atomic E-state index is 13.1. The van der Waals surface area contributed by atoms with Gasteiger partial charge < -0.3 is 18.9 Å². The van der Waals surface area contributed by atoms with Gasteiger partial charge in [-0.3, -0.25) is 0 Å². The van der Waals surface area contributed by atoms with Crippen LogP contribution in [0.5, 0.6) is 0 Å². The lowest BCUT2D eigenvalue weighted by Gasteiger charge is -2.24. The summed E-state index contributed by atoms with van der Waals surface area (Å²) >= 11 is 5.82. The third-order valence-corrected chi connectivity index (χ3v) is 6.29. The van der Waals surface area contributed by atoms with E-state index in [0.29, 0.717) is 0 Å². The van der Waals surface area contributed by atoms with Gasteiger partial charge in [-0.25, -0.2) is 19.2 Å². The molecule has 0 N–H and O–H groups in total. The largest absolute Gasteiger partial charge is 0.459 e. The standard InChI is InChI=1S/C29H22ClN3O8/c30-22-16-31-33(29(37)32-22)25-24(41-28(36)20-14-8-3-9-15-20)23(40-27(35)19-12-6-2-7-13-19)21(39-25)17-38-26(34)18-10-4-1-5-11-18/h1-16,21,23-25H,17H2/t21-,23-,24-,25-/m1/s1. The molecule has 12 heteroatoms. The Morgan fingerprint density at radius 2 is 1.24 bits per heavy atom. The van der Waals surface area contributed by atoms with Crippen LogP contribution in [0.4, 0.5) is 0 Å². The molecular formula is C29H22ClN3O8. The van der Waals surface area contributed by atoms with Crippen molar-refractivity contribution in [2.24, 2.45) is 0 Å². The Morgan fingerprint density at radius 1 is 0.756 bits per heavy atom. The quantitative estimate of drug-likeness (QED) is 0.227. The molecule has 1 fully saturated rings. The fourth-order valence-electron chi connectivity index (χ4n) is 4.16. The molecule has 1 saturated heterocycles. The Hall–Kier alpha value is -4.87. The van der Waals surface area contributed by atoms with Gasteiger partial charge >= 0.3 is 23.6 Å². The molecule has 1 aliphatic rings. The minimum Gasteiger partial charge on any atom is -0.459 e. The van der Waals surface area contributed by atoms with E-state index >= 15 is 0 Å². The normalized spacial score (nSPS) is 19.7. The van der Waals surface area contributed by atoms with Gasteiger partial charge in [-0.15, -0.1) is 0 Å². The monoisotopic (exact) mass is 575 g/mol. The SMILES string of the molecule is O=C(OC[C@H]1O[C@@H](n2ncc(Cl)nc2=O)[C@H](OC(=O)c2ccccc2)[C@@H]1OC(=O)c1ccccc1)c1ccccc1. The van der Waals surface area contributed by atoms with Gasteiger partial charge in [0.2, 0.25) is 0 Å². The zero-order valence-electron chi connectivity index (χ0n) is 21.2. The fourth-order valence-corrected chi connectivity index (χ4v) is 4.28. The summed E-state index contributed by atoms with van der Waals surface area (Å²) in [6.45, 7) is -0.411. The molecule has 4 atom stereocenters. The molecule has 3 aromatic carbocycles. The molecule has 0 saturated carbocycles. The van der Waals surface area contributed by atoms with Crippen LogP contribution >= 0.6 is 11.6 Å². The smallest absolute Gasteiger partial charge is 0.367 e. The first kappa shape index (κ1) is 27.7. The van der Waals surface area contributed by atoms with E-state index in [2.05, 4.69) is 10.1 Å². The number of ether oxygens (including phenoxy) is 4. The lowest BCUT2D eigenvalue weighted by molar-refractivity contribution is -0.0698. The maximum atomic E-state index is 13.1. The van der Waals surface area contributed by atoms with Crippen molar-refractivity contribution in [3.8, 4) is 0 Å². The van der Waals surface area contributed by atoms with Crippen LogP contribution < -0.4 is 5.69 Å². The van der Waals surface area contributed by atoms with Crippen LogP contribution in [-0.2, 0) is 18.9 Å². The summed E-state index contributed by atoms with van der Waals surface area (Å²) < 4.78 is 23.9. The molecular weight excluding hydrogens is 554 g/mol. The van der Waals surface area contributed by atoms with E-state index in [1.54, 1.807) is 78.9 Å². The molecule has 0 bridgehead atoms. The Balaban J connectivity index is 1.49. The second-order valence-corrected chi connectivity index (χ2v) is 9.19. The van der Waals surface area contributed by atoms with Gasteiger partial charge in [0, 0.05) is 0 Å². The Labute approximate surface area is 238 Å². The summed E-state index contributed by atoms with van der Waals surface area (Å²) in [6, 6.07) is 24.4. The number of esters is 3. The number of halogens is 1. The van der Waals surface area contributed by atoms with E-state index in [1.165, 1.54) is 12.1 Å². The Kier molecular flexibility index (Phi) is 8.47. The molecule has 0 unspecified atom stereocenters. The lowest BCUT2D eigenvalue weighted by Crippen LogP contribution is -2.43. The van der Waals surface area contributed by atoms with Crippen molar-refractivity contribution < 1.29 is 33.3 Å². The van der Waals surface area contributed by atoms with Gasteiger partial charge in [0.25, 0.3) is 0 Å². The zero-order valence-corrected chi connectivity index (χ0v) is 22.0. The molecule has 1 aliphatic heterocycles. The van der Waals surface area contributed by atoms with Crippen LogP contribution in [0.25, 0.3) is 0 Å². The number of hydrogen-bond acceptors (Lipinski definition) is 10. The molecule has 11 nitrogen and oxygen atoms in total. The highest BCUT2D eigenvalue weighted by atomic mass is 35.5. The molecule has 41 heavy (non-hydrogen) atoms. The highest BCUT2D eigenvalue weighted by Gasteiger charge is 2.52. The molecule has 1 aromatic heterocycles. The predicted octanol–water partition coefficient (Wildman–Crippen LogP) is 3.50. The first-order chi connectivity index (χ1) is 19.9. The van der Waals surface area contributed by atoms with E-state index in [9.17, 15) is 19.2 Å². The van der Waals surface area contributed by atoms with Crippen molar-refractivity contribution in [1.82, 2.24) is 14.8 Å². The summed E-state index contributed by atoms with van der Waals surface area (Å²) in [5.74, 6) is -2.19. The highest BCUT2D eigenvalue weighted by Crippen LogP contribution is 2.34. The van der Waals surface area contributed by atoms with Crippen molar-refractivity contribution in [2.75, 3.05) is 6.61 Å². The van der Waals surface area contributed by atoms with E-state index < -0.39 is 54.7 Å². The summed E-state index contributed by atoms with van der Waals surface area (Å²) in [4.78, 5) is 55.3. The van der Waals surface area contributed by atoms with Gasteiger partial charge in [0.15, 0.2) is 23.6 Å². The van der Waals surface area contributed by atoms with Gasteiger partial charge in [0.05, 0.1) is 22.9 Å². The van der Waals surface area contributed by atoms with Crippen LogP contribution in [0.2, 0.25) is 5.15 Å². The van der Waals surface area contributed by atoms with E-state index in [1.807, 2.05) is 0 Å². The lowest BCUT2D eigenvalue weighted by atomic mass is 10.1. The third kappa shape index (κ3) is 6.48. The number of nitrogens with zero attached hydrogens (tertiary/aromatic N) is 3.